The summed E-state index contributed by atoms with van der Waals surface area (Å²) in [6.07, 6.45) is 0. The fourth-order valence-electron chi connectivity index (χ4n) is 5.79. The fraction of sp³-hybridized carbons (Fsp3) is 0.0857. The van der Waals surface area contributed by atoms with Gasteiger partial charge in [-0.25, -0.2) is 4.99 Å². The molecule has 2 aliphatic heterocycles. The highest BCUT2D eigenvalue weighted by atomic mass is 79.9. The zero-order valence-electron chi connectivity index (χ0n) is 23.8. The lowest BCUT2D eigenvalue weighted by molar-refractivity contribution is -0.114. The van der Waals surface area contributed by atoms with Crippen LogP contribution in [0, 0.1) is 0 Å². The standard InChI is InChI=1S/C35H24BrClN4O3S/c1-20-28(32(42)39-25-10-6-3-7-11-25)30(22-12-15-24(37)16-13-22)41-34(44)31(45-35(41)38-20)29-26-18-23(36)14-17-27(26)40(33(29)43)19-21-8-4-2-5-9-21/h2-18,30H,19H2,1H3,(H,39,42)/b31-29-/t30-/m0/s1. The third-order valence-electron chi connectivity index (χ3n) is 7.85. The van der Waals surface area contributed by atoms with E-state index in [1.54, 1.807) is 48.2 Å². The van der Waals surface area contributed by atoms with E-state index in [1.165, 1.54) is 4.57 Å². The number of nitrogens with zero attached hydrogens (tertiary/aromatic N) is 3. The normalized spacial score (nSPS) is 16.7. The Kier molecular flexibility index (Phi) is 7.61. The summed E-state index contributed by atoms with van der Waals surface area (Å²) >= 11 is 10.9. The highest BCUT2D eigenvalue weighted by Crippen LogP contribution is 2.38. The van der Waals surface area contributed by atoms with Crippen LogP contribution < -0.4 is 25.1 Å². The molecule has 1 atom stereocenters. The maximum Gasteiger partial charge on any atom is 0.271 e. The lowest BCUT2D eigenvalue weighted by Crippen LogP contribution is -2.41. The third-order valence-corrected chi connectivity index (χ3v) is 9.65. The van der Waals surface area contributed by atoms with Gasteiger partial charge in [0.05, 0.1) is 35.1 Å². The summed E-state index contributed by atoms with van der Waals surface area (Å²) in [6.45, 7) is 2.12. The number of benzene rings is 4. The molecular weight excluding hydrogens is 672 g/mol. The third kappa shape index (κ3) is 5.27. The molecule has 45 heavy (non-hydrogen) atoms. The molecule has 1 N–H and O–H groups in total. The average molecular weight is 696 g/mol. The van der Waals surface area contributed by atoms with Crippen molar-refractivity contribution in [3.05, 3.63) is 160 Å². The van der Waals surface area contributed by atoms with Crippen molar-refractivity contribution < 1.29 is 9.59 Å². The van der Waals surface area contributed by atoms with Gasteiger partial charge in [0.2, 0.25) is 0 Å². The van der Waals surface area contributed by atoms with Gasteiger partial charge in [-0.3, -0.25) is 19.0 Å². The van der Waals surface area contributed by atoms with Crippen LogP contribution in [0.4, 0.5) is 11.4 Å². The number of halogens is 2. The maximum atomic E-state index is 14.5. The van der Waals surface area contributed by atoms with E-state index in [0.717, 1.165) is 27.1 Å². The minimum Gasteiger partial charge on any atom is -0.322 e. The van der Waals surface area contributed by atoms with Crippen molar-refractivity contribution in [3.8, 4) is 0 Å². The van der Waals surface area contributed by atoms with E-state index in [2.05, 4.69) is 21.2 Å². The van der Waals surface area contributed by atoms with Crippen LogP contribution in [0.1, 0.15) is 29.7 Å². The van der Waals surface area contributed by atoms with Crippen molar-refractivity contribution >= 4 is 67.6 Å². The second-order valence-electron chi connectivity index (χ2n) is 10.7. The average Bonchev–Trinajstić information content (AvgIpc) is 3.49. The van der Waals surface area contributed by atoms with E-state index in [1.807, 2.05) is 66.7 Å². The first-order valence-corrected chi connectivity index (χ1v) is 16.1. The molecule has 0 aliphatic carbocycles. The van der Waals surface area contributed by atoms with Gasteiger partial charge in [0, 0.05) is 20.7 Å². The molecule has 0 saturated heterocycles. The number of amides is 2. The van der Waals surface area contributed by atoms with Gasteiger partial charge in [0.15, 0.2) is 4.80 Å². The monoisotopic (exact) mass is 694 g/mol. The molecule has 10 heteroatoms. The van der Waals surface area contributed by atoms with Crippen molar-refractivity contribution in [2.24, 2.45) is 4.99 Å². The number of para-hydroxylation sites is 1. The number of nitrogens with one attached hydrogen (secondary N) is 1. The molecule has 2 amide bonds. The number of carbonyl (C=O) groups excluding carboxylic acids is 2. The fourth-order valence-corrected chi connectivity index (χ4v) is 7.41. The van der Waals surface area contributed by atoms with E-state index in [9.17, 15) is 14.4 Å². The quantitative estimate of drug-likeness (QED) is 0.238. The van der Waals surface area contributed by atoms with Crippen LogP contribution in [-0.2, 0) is 16.1 Å². The number of rotatable bonds is 5. The Hall–Kier alpha value is -4.57. The van der Waals surface area contributed by atoms with Crippen LogP contribution in [0.15, 0.2) is 129 Å². The van der Waals surface area contributed by atoms with Gasteiger partial charge in [-0.15, -0.1) is 0 Å². The van der Waals surface area contributed by atoms with Gasteiger partial charge in [0.1, 0.15) is 4.53 Å². The van der Waals surface area contributed by atoms with E-state index in [4.69, 9.17) is 16.6 Å². The summed E-state index contributed by atoms with van der Waals surface area (Å²) in [4.78, 5) is 49.4. The van der Waals surface area contributed by atoms with E-state index in [-0.39, 0.29) is 16.3 Å². The number of anilines is 2. The molecule has 0 saturated carbocycles. The lowest BCUT2D eigenvalue weighted by Gasteiger charge is -2.25. The zero-order valence-corrected chi connectivity index (χ0v) is 27.0. The molecule has 3 heterocycles. The number of thiazole rings is 1. The molecule has 0 spiro atoms. The van der Waals surface area contributed by atoms with Crippen molar-refractivity contribution in [1.82, 2.24) is 4.57 Å². The van der Waals surface area contributed by atoms with Crippen molar-refractivity contribution in [3.63, 3.8) is 0 Å². The molecular formula is C35H24BrClN4O3S. The highest BCUT2D eigenvalue weighted by Gasteiger charge is 2.37. The second-order valence-corrected chi connectivity index (χ2v) is 13.0. The molecule has 5 aromatic rings. The van der Waals surface area contributed by atoms with E-state index in [0.29, 0.717) is 50.0 Å². The van der Waals surface area contributed by atoms with Gasteiger partial charge in [-0.1, -0.05) is 99.5 Å². The van der Waals surface area contributed by atoms with Crippen molar-refractivity contribution in [2.75, 3.05) is 10.2 Å². The van der Waals surface area contributed by atoms with Gasteiger partial charge in [-0.05, 0) is 60.5 Å². The van der Waals surface area contributed by atoms with Crippen molar-refractivity contribution in [2.45, 2.75) is 19.5 Å². The molecule has 2 aliphatic rings. The predicted octanol–water partition coefficient (Wildman–Crippen LogP) is 6.21. The second kappa shape index (κ2) is 11.7. The molecule has 0 fully saturated rings. The first-order valence-electron chi connectivity index (χ1n) is 14.1. The summed E-state index contributed by atoms with van der Waals surface area (Å²) in [7, 11) is 0. The Labute approximate surface area is 275 Å². The number of fused-ring (bicyclic) bond motifs is 2. The number of hydrogen-bond donors (Lipinski definition) is 1. The van der Waals surface area contributed by atoms with Gasteiger partial charge in [-0.2, -0.15) is 0 Å². The molecule has 1 aromatic heterocycles. The maximum absolute atomic E-state index is 14.5. The number of aromatic nitrogens is 1. The zero-order chi connectivity index (χ0) is 31.2. The smallest absolute Gasteiger partial charge is 0.271 e. The molecule has 7 nitrogen and oxygen atoms in total. The summed E-state index contributed by atoms with van der Waals surface area (Å²) in [5.41, 5.74) is 4.40. The van der Waals surface area contributed by atoms with Crippen LogP contribution >= 0.6 is 38.9 Å². The van der Waals surface area contributed by atoms with E-state index < -0.39 is 11.6 Å². The molecule has 0 unspecified atom stereocenters. The first-order chi connectivity index (χ1) is 21.8. The molecule has 4 aromatic carbocycles. The Bertz CT molecular complexity index is 2210. The van der Waals surface area contributed by atoms with Gasteiger partial charge in [0.25, 0.3) is 17.4 Å². The van der Waals surface area contributed by atoms with Gasteiger partial charge >= 0.3 is 0 Å². The Morgan fingerprint density at radius 1 is 0.956 bits per heavy atom. The van der Waals surface area contributed by atoms with Crippen LogP contribution in [0.2, 0.25) is 5.02 Å². The lowest BCUT2D eigenvalue weighted by atomic mass is 9.95. The minimum atomic E-state index is -0.796. The van der Waals surface area contributed by atoms with Crippen molar-refractivity contribution in [1.29, 1.82) is 0 Å². The highest BCUT2D eigenvalue weighted by molar-refractivity contribution is 9.10. The summed E-state index contributed by atoms with van der Waals surface area (Å²) in [5.74, 6) is -0.640. The van der Waals surface area contributed by atoms with Gasteiger partial charge < -0.3 is 10.2 Å². The summed E-state index contributed by atoms with van der Waals surface area (Å²) in [6, 6.07) is 30.8. The van der Waals surface area contributed by atoms with E-state index >= 15 is 0 Å². The first kappa shape index (κ1) is 29.2. The molecule has 7 rings (SSSR count). The number of allylic oxidation sites excluding steroid dienone is 1. The van der Waals surface area contributed by atoms with Crippen LogP contribution in [0.25, 0.3) is 5.57 Å². The summed E-state index contributed by atoms with van der Waals surface area (Å²) in [5, 5.41) is 3.48. The van der Waals surface area contributed by atoms with Crippen LogP contribution in [0.3, 0.4) is 0 Å². The molecule has 222 valence electrons. The van der Waals surface area contributed by atoms with Crippen LogP contribution in [-0.4, -0.2) is 16.4 Å². The predicted molar refractivity (Wildman–Crippen MR) is 181 cm³/mol. The number of hydrogen-bond acceptors (Lipinski definition) is 5. The number of carbonyl (C=O) groups is 2. The Balaban J connectivity index is 1.42. The molecule has 0 radical (unpaired) electrons. The summed E-state index contributed by atoms with van der Waals surface area (Å²) < 4.78 is 2.58. The largest absolute Gasteiger partial charge is 0.322 e. The minimum absolute atomic E-state index is 0.266. The molecule has 0 bridgehead atoms. The topological polar surface area (TPSA) is 83.8 Å². The van der Waals surface area contributed by atoms with Crippen LogP contribution in [0.5, 0.6) is 0 Å². The SMILES string of the molecule is CC1=C(C(=O)Nc2ccccc2)[C@H](c2ccc(Cl)cc2)n2c(s/c(=C3\C(=O)N(Cc4ccccc4)c4ccc(Br)cc43)c2=O)=N1. The Morgan fingerprint density at radius 3 is 2.36 bits per heavy atom. The Morgan fingerprint density at radius 2 is 1.64 bits per heavy atom.